The molecule has 6 heteroatoms. The Morgan fingerprint density at radius 3 is 2.90 bits per heavy atom. The summed E-state index contributed by atoms with van der Waals surface area (Å²) in [5.74, 6) is 0.128. The molecular formula is C15H26N4O2. The topological polar surface area (TPSA) is 80.0 Å². The maximum absolute atomic E-state index is 12.0. The van der Waals surface area contributed by atoms with Crippen LogP contribution in [0.2, 0.25) is 0 Å². The number of nitrogens with zero attached hydrogens (tertiary/aromatic N) is 2. The van der Waals surface area contributed by atoms with E-state index in [2.05, 4.69) is 17.1 Å². The number of carbonyl (C=O) groups is 1. The van der Waals surface area contributed by atoms with E-state index in [0.29, 0.717) is 19.6 Å². The second-order valence-corrected chi connectivity index (χ2v) is 5.69. The summed E-state index contributed by atoms with van der Waals surface area (Å²) < 4.78 is 6.01. The van der Waals surface area contributed by atoms with Gasteiger partial charge < -0.3 is 15.8 Å². The monoisotopic (exact) mass is 294 g/mol. The number of hydrazone groups is 1. The third-order valence-electron chi connectivity index (χ3n) is 4.21. The van der Waals surface area contributed by atoms with E-state index in [9.17, 15) is 4.79 Å². The van der Waals surface area contributed by atoms with Crippen molar-refractivity contribution in [2.75, 3.05) is 13.2 Å². The van der Waals surface area contributed by atoms with Crippen LogP contribution in [0.5, 0.6) is 0 Å². The molecule has 118 valence electrons. The molecule has 21 heavy (non-hydrogen) atoms. The molecule has 0 aromatic heterocycles. The highest BCUT2D eigenvalue weighted by Gasteiger charge is 2.28. The first-order valence-electron chi connectivity index (χ1n) is 7.80. The highest BCUT2D eigenvalue weighted by atomic mass is 16.5. The van der Waals surface area contributed by atoms with Crippen LogP contribution in [0.4, 0.5) is 0 Å². The summed E-state index contributed by atoms with van der Waals surface area (Å²) in [6.45, 7) is 4.71. The average molecular weight is 294 g/mol. The van der Waals surface area contributed by atoms with Gasteiger partial charge in [-0.15, -0.1) is 0 Å². The number of hydrogen-bond donors (Lipinski definition) is 2. The third-order valence-corrected chi connectivity index (χ3v) is 4.21. The summed E-state index contributed by atoms with van der Waals surface area (Å²) in [6.07, 6.45) is 8.11. The molecule has 0 aromatic rings. The van der Waals surface area contributed by atoms with Crippen molar-refractivity contribution in [2.24, 2.45) is 10.8 Å². The van der Waals surface area contributed by atoms with Crippen LogP contribution in [0.15, 0.2) is 17.0 Å². The summed E-state index contributed by atoms with van der Waals surface area (Å²) in [5.41, 5.74) is 6.53. The molecule has 1 amide bonds. The highest BCUT2D eigenvalue weighted by Crippen LogP contribution is 2.23. The molecule has 1 heterocycles. The zero-order valence-corrected chi connectivity index (χ0v) is 12.6. The smallest absolute Gasteiger partial charge is 0.220 e. The molecule has 2 rings (SSSR count). The number of ether oxygens (including phenoxy) is 1. The first-order valence-corrected chi connectivity index (χ1v) is 7.80. The molecule has 3 N–H and O–H groups in total. The van der Waals surface area contributed by atoms with Gasteiger partial charge >= 0.3 is 0 Å². The van der Waals surface area contributed by atoms with Gasteiger partial charge in [-0.2, -0.15) is 5.10 Å². The van der Waals surface area contributed by atoms with Crippen LogP contribution in [0.3, 0.4) is 0 Å². The Morgan fingerprint density at radius 1 is 1.33 bits per heavy atom. The fraction of sp³-hybridized carbons (Fsp3) is 0.733. The van der Waals surface area contributed by atoms with E-state index >= 15 is 0 Å². The molecule has 1 aliphatic heterocycles. The Hall–Kier alpha value is -1.56. The third kappa shape index (κ3) is 4.46. The highest BCUT2D eigenvalue weighted by molar-refractivity contribution is 5.76. The van der Waals surface area contributed by atoms with Gasteiger partial charge in [0.05, 0.1) is 24.4 Å². The molecule has 0 spiro atoms. The Balaban J connectivity index is 2.07. The Kier molecular flexibility index (Phi) is 6.04. The molecule has 1 saturated heterocycles. The van der Waals surface area contributed by atoms with Crippen molar-refractivity contribution in [1.82, 2.24) is 10.3 Å². The van der Waals surface area contributed by atoms with Gasteiger partial charge in [-0.3, -0.25) is 9.80 Å². The Bertz CT molecular complexity index is 397. The van der Waals surface area contributed by atoms with Gasteiger partial charge in [0.2, 0.25) is 5.91 Å². The number of nitrogens with two attached hydrogens (primary N) is 1. The Labute approximate surface area is 126 Å². The molecule has 2 aliphatic rings. The van der Waals surface area contributed by atoms with E-state index in [4.69, 9.17) is 10.5 Å². The molecule has 1 aliphatic carbocycles. The summed E-state index contributed by atoms with van der Waals surface area (Å²) in [6, 6.07) is 0.120. The van der Waals surface area contributed by atoms with Crippen LogP contribution in [0, 0.1) is 0 Å². The molecule has 0 aromatic carbocycles. The quantitative estimate of drug-likeness (QED) is 0.715. The molecular weight excluding hydrogens is 268 g/mol. The van der Waals surface area contributed by atoms with E-state index in [0.717, 1.165) is 44.2 Å². The Morgan fingerprint density at radius 2 is 2.14 bits per heavy atom. The van der Waals surface area contributed by atoms with E-state index < -0.39 is 0 Å². The van der Waals surface area contributed by atoms with E-state index in [1.54, 1.807) is 5.01 Å². The SMILES string of the molecule is C=NN1CCCCC(=O)N[C@H]2CCCC[C@@H]2OC/C1=C/N. The van der Waals surface area contributed by atoms with Gasteiger partial charge in [-0.25, -0.2) is 0 Å². The van der Waals surface area contributed by atoms with Crippen LogP contribution in [0.25, 0.3) is 0 Å². The average Bonchev–Trinajstić information content (AvgIpc) is 2.49. The van der Waals surface area contributed by atoms with Gasteiger partial charge in [0.1, 0.15) is 0 Å². The fourth-order valence-electron chi connectivity index (χ4n) is 2.99. The number of fused-ring (bicyclic) bond motifs is 1. The summed E-state index contributed by atoms with van der Waals surface area (Å²) in [5, 5.41) is 8.91. The van der Waals surface area contributed by atoms with Gasteiger partial charge in [0, 0.05) is 25.9 Å². The van der Waals surface area contributed by atoms with Crippen molar-refractivity contribution in [3.8, 4) is 0 Å². The molecule has 0 unspecified atom stereocenters. The van der Waals surface area contributed by atoms with Crippen LogP contribution >= 0.6 is 0 Å². The van der Waals surface area contributed by atoms with Crippen LogP contribution in [0.1, 0.15) is 44.9 Å². The normalized spacial score (nSPS) is 30.8. The number of carbonyl (C=O) groups excluding carboxylic acids is 1. The lowest BCUT2D eigenvalue weighted by Gasteiger charge is -2.33. The van der Waals surface area contributed by atoms with Gasteiger partial charge in [0.25, 0.3) is 0 Å². The molecule has 0 radical (unpaired) electrons. The van der Waals surface area contributed by atoms with Crippen molar-refractivity contribution in [1.29, 1.82) is 0 Å². The van der Waals surface area contributed by atoms with Crippen LogP contribution < -0.4 is 11.1 Å². The molecule has 6 nitrogen and oxygen atoms in total. The zero-order chi connectivity index (χ0) is 15.1. The minimum Gasteiger partial charge on any atom is -0.403 e. The van der Waals surface area contributed by atoms with Gasteiger partial charge in [-0.1, -0.05) is 12.8 Å². The van der Waals surface area contributed by atoms with Crippen molar-refractivity contribution in [3.05, 3.63) is 11.9 Å². The lowest BCUT2D eigenvalue weighted by Crippen LogP contribution is -2.47. The van der Waals surface area contributed by atoms with E-state index in [-0.39, 0.29) is 18.1 Å². The van der Waals surface area contributed by atoms with Gasteiger partial charge in [0.15, 0.2) is 0 Å². The minimum atomic E-state index is 0.0590. The van der Waals surface area contributed by atoms with Gasteiger partial charge in [-0.05, 0) is 25.7 Å². The zero-order valence-electron chi connectivity index (χ0n) is 12.6. The largest absolute Gasteiger partial charge is 0.403 e. The summed E-state index contributed by atoms with van der Waals surface area (Å²) in [7, 11) is 0. The molecule has 2 fully saturated rings. The second kappa shape index (κ2) is 8.02. The number of hydrogen-bond acceptors (Lipinski definition) is 5. The molecule has 0 bridgehead atoms. The lowest BCUT2D eigenvalue weighted by atomic mass is 9.92. The first-order chi connectivity index (χ1) is 10.2. The summed E-state index contributed by atoms with van der Waals surface area (Å²) in [4.78, 5) is 12.0. The molecule has 1 saturated carbocycles. The van der Waals surface area contributed by atoms with Crippen molar-refractivity contribution in [3.63, 3.8) is 0 Å². The maximum atomic E-state index is 12.0. The van der Waals surface area contributed by atoms with Crippen LogP contribution in [-0.4, -0.2) is 42.9 Å². The van der Waals surface area contributed by atoms with E-state index in [1.165, 1.54) is 6.20 Å². The predicted octanol–water partition coefficient (Wildman–Crippen LogP) is 1.33. The maximum Gasteiger partial charge on any atom is 0.220 e. The predicted molar refractivity (Wildman–Crippen MR) is 82.5 cm³/mol. The van der Waals surface area contributed by atoms with Crippen LogP contribution in [-0.2, 0) is 9.53 Å². The van der Waals surface area contributed by atoms with Crippen molar-refractivity contribution >= 4 is 12.6 Å². The number of nitrogens with one attached hydrogen (secondary N) is 1. The lowest BCUT2D eigenvalue weighted by molar-refractivity contribution is -0.123. The first kappa shape index (κ1) is 15.8. The number of rotatable bonds is 1. The van der Waals surface area contributed by atoms with Crippen molar-refractivity contribution in [2.45, 2.75) is 57.1 Å². The number of amides is 1. The second-order valence-electron chi connectivity index (χ2n) is 5.69. The van der Waals surface area contributed by atoms with Crippen molar-refractivity contribution < 1.29 is 9.53 Å². The fourth-order valence-corrected chi connectivity index (χ4v) is 2.99. The summed E-state index contributed by atoms with van der Waals surface area (Å²) >= 11 is 0. The minimum absolute atomic E-state index is 0.0590. The van der Waals surface area contributed by atoms with E-state index in [1.807, 2.05) is 0 Å². The standard InChI is InChI=1S/C15H26N4O2/c1-17-19-9-5-4-8-15(20)18-13-6-2-3-7-14(13)21-11-12(19)10-16/h10,13-14H,1-9,11,16H2,(H,18,20)/b12-10-/t13-,14-/m0/s1. The molecule has 2 atom stereocenters.